The molecule has 0 N–H and O–H groups in total. The van der Waals surface area contributed by atoms with E-state index in [2.05, 4.69) is 4.98 Å². The topological polar surface area (TPSA) is 30.0 Å². The Balaban J connectivity index is 2.39. The third-order valence-electron chi connectivity index (χ3n) is 2.47. The third-order valence-corrected chi connectivity index (χ3v) is 3.68. The van der Waals surface area contributed by atoms with Gasteiger partial charge in [0, 0.05) is 16.9 Å². The Labute approximate surface area is 107 Å². The molecule has 0 aliphatic carbocycles. The highest BCUT2D eigenvalue weighted by Crippen LogP contribution is 2.29. The van der Waals surface area contributed by atoms with Crippen LogP contribution in [0.4, 0.5) is 8.78 Å². The summed E-state index contributed by atoms with van der Waals surface area (Å²) in [6.45, 7) is 3.31. The molecule has 94 valence electrons. The summed E-state index contributed by atoms with van der Waals surface area (Å²) >= 11 is 1.33. The molecule has 1 heterocycles. The Morgan fingerprint density at radius 3 is 2.67 bits per heavy atom. The van der Waals surface area contributed by atoms with Crippen molar-refractivity contribution < 1.29 is 13.6 Å². The van der Waals surface area contributed by atoms with Crippen molar-refractivity contribution >= 4 is 17.1 Å². The lowest BCUT2D eigenvalue weighted by Gasteiger charge is -1.97. The van der Waals surface area contributed by atoms with Gasteiger partial charge in [0.05, 0.1) is 5.69 Å². The minimum absolute atomic E-state index is 0.0542. The number of thiazole rings is 1. The average molecular weight is 267 g/mol. The predicted molar refractivity (Wildman–Crippen MR) is 66.6 cm³/mol. The Morgan fingerprint density at radius 2 is 2.06 bits per heavy atom. The minimum Gasteiger partial charge on any atom is -0.300 e. The normalized spacial score (nSPS) is 10.7. The molecular weight excluding hydrogens is 256 g/mol. The monoisotopic (exact) mass is 267 g/mol. The fraction of sp³-hybridized carbons (Fsp3) is 0.231. The van der Waals surface area contributed by atoms with Crippen LogP contribution >= 0.6 is 11.3 Å². The molecule has 0 aliphatic heterocycles. The third kappa shape index (κ3) is 2.61. The number of benzene rings is 1. The van der Waals surface area contributed by atoms with Crippen LogP contribution < -0.4 is 0 Å². The quantitative estimate of drug-likeness (QED) is 0.851. The minimum atomic E-state index is -0.895. The molecule has 1 aromatic carbocycles. The summed E-state index contributed by atoms with van der Waals surface area (Å²) in [5.41, 5.74) is 1.28. The standard InChI is InChI=1S/C13H11F2NOS/c1-7(17)5-12-8(2)16-13(18-12)9-3-4-10(14)11(15)6-9/h3-4,6H,5H2,1-2H3. The van der Waals surface area contributed by atoms with Crippen molar-refractivity contribution in [3.05, 3.63) is 40.4 Å². The van der Waals surface area contributed by atoms with Gasteiger partial charge in [0.15, 0.2) is 11.6 Å². The Hall–Kier alpha value is -1.62. The molecule has 0 aliphatic rings. The Morgan fingerprint density at radius 1 is 1.33 bits per heavy atom. The largest absolute Gasteiger partial charge is 0.300 e. The molecule has 0 radical (unpaired) electrons. The van der Waals surface area contributed by atoms with Crippen LogP contribution in [0.15, 0.2) is 18.2 Å². The van der Waals surface area contributed by atoms with E-state index in [-0.39, 0.29) is 5.78 Å². The number of nitrogens with zero attached hydrogens (tertiary/aromatic N) is 1. The van der Waals surface area contributed by atoms with Gasteiger partial charge in [0.25, 0.3) is 0 Å². The first kappa shape index (κ1) is 12.8. The molecule has 0 fully saturated rings. The number of hydrogen-bond acceptors (Lipinski definition) is 3. The number of rotatable bonds is 3. The van der Waals surface area contributed by atoms with Gasteiger partial charge < -0.3 is 0 Å². The van der Waals surface area contributed by atoms with E-state index in [0.717, 1.165) is 22.7 Å². The van der Waals surface area contributed by atoms with Gasteiger partial charge in [-0.15, -0.1) is 11.3 Å². The Bertz CT molecular complexity index is 607. The second-order valence-corrected chi connectivity index (χ2v) is 5.12. The number of ketones is 1. The maximum absolute atomic E-state index is 13.1. The number of Topliss-reactive ketones (excluding diaryl/α,β-unsaturated/α-hetero) is 1. The number of carbonyl (C=O) groups is 1. The molecule has 2 rings (SSSR count). The van der Waals surface area contributed by atoms with Crippen LogP contribution in [0.3, 0.4) is 0 Å². The molecule has 18 heavy (non-hydrogen) atoms. The van der Waals surface area contributed by atoms with Crippen molar-refractivity contribution in [2.45, 2.75) is 20.3 Å². The van der Waals surface area contributed by atoms with Gasteiger partial charge in [-0.05, 0) is 32.0 Å². The highest BCUT2D eigenvalue weighted by molar-refractivity contribution is 7.15. The summed E-state index contributed by atoms with van der Waals surface area (Å²) in [5.74, 6) is -1.72. The zero-order valence-electron chi connectivity index (χ0n) is 9.96. The number of carbonyl (C=O) groups excluding carboxylic acids is 1. The lowest BCUT2D eigenvalue weighted by molar-refractivity contribution is -0.116. The maximum atomic E-state index is 13.1. The van der Waals surface area contributed by atoms with Gasteiger partial charge in [-0.3, -0.25) is 4.79 Å². The first-order valence-electron chi connectivity index (χ1n) is 5.38. The van der Waals surface area contributed by atoms with Crippen molar-refractivity contribution in [3.8, 4) is 10.6 Å². The number of hydrogen-bond donors (Lipinski definition) is 0. The summed E-state index contributed by atoms with van der Waals surface area (Å²) in [5, 5.41) is 0.600. The molecule has 2 aromatic rings. The van der Waals surface area contributed by atoms with Gasteiger partial charge >= 0.3 is 0 Å². The van der Waals surface area contributed by atoms with E-state index in [1.807, 2.05) is 0 Å². The van der Waals surface area contributed by atoms with E-state index in [4.69, 9.17) is 0 Å². The number of aromatic nitrogens is 1. The molecular formula is C13H11F2NOS. The van der Waals surface area contributed by atoms with E-state index in [1.165, 1.54) is 24.3 Å². The van der Waals surface area contributed by atoms with Crippen molar-refractivity contribution in [3.63, 3.8) is 0 Å². The van der Waals surface area contributed by atoms with E-state index in [1.54, 1.807) is 6.92 Å². The summed E-state index contributed by atoms with van der Waals surface area (Å²) < 4.78 is 26.0. The summed E-state index contributed by atoms with van der Waals surface area (Å²) in [4.78, 5) is 16.2. The van der Waals surface area contributed by atoms with Gasteiger partial charge in [0.1, 0.15) is 10.8 Å². The van der Waals surface area contributed by atoms with Crippen molar-refractivity contribution in [2.75, 3.05) is 0 Å². The first-order valence-corrected chi connectivity index (χ1v) is 6.20. The highest BCUT2D eigenvalue weighted by atomic mass is 32.1. The van der Waals surface area contributed by atoms with Crippen LogP contribution in [0.25, 0.3) is 10.6 Å². The van der Waals surface area contributed by atoms with Gasteiger partial charge in [-0.1, -0.05) is 0 Å². The lowest BCUT2D eigenvalue weighted by atomic mass is 10.2. The fourth-order valence-corrected chi connectivity index (χ4v) is 2.70. The highest BCUT2D eigenvalue weighted by Gasteiger charge is 2.12. The molecule has 0 atom stereocenters. The zero-order chi connectivity index (χ0) is 13.3. The number of aryl methyl sites for hydroxylation is 1. The summed E-state index contributed by atoms with van der Waals surface area (Å²) in [6.07, 6.45) is 0.327. The van der Waals surface area contributed by atoms with Crippen LogP contribution in [0.5, 0.6) is 0 Å². The second-order valence-electron chi connectivity index (χ2n) is 4.04. The maximum Gasteiger partial charge on any atom is 0.159 e. The van der Waals surface area contributed by atoms with Gasteiger partial charge in [-0.2, -0.15) is 0 Å². The SMILES string of the molecule is CC(=O)Cc1sc(-c2ccc(F)c(F)c2)nc1C. The van der Waals surface area contributed by atoms with Crippen molar-refractivity contribution in [1.29, 1.82) is 0 Å². The summed E-state index contributed by atoms with van der Waals surface area (Å²) in [7, 11) is 0. The number of halogens is 2. The average Bonchev–Trinajstić information content (AvgIpc) is 2.63. The van der Waals surface area contributed by atoms with Crippen molar-refractivity contribution in [1.82, 2.24) is 4.98 Å². The van der Waals surface area contributed by atoms with Gasteiger partial charge in [-0.25, -0.2) is 13.8 Å². The molecule has 0 saturated heterocycles. The van der Waals surface area contributed by atoms with E-state index in [9.17, 15) is 13.6 Å². The van der Waals surface area contributed by atoms with E-state index < -0.39 is 11.6 Å². The van der Waals surface area contributed by atoms with E-state index >= 15 is 0 Å². The molecule has 0 unspecified atom stereocenters. The van der Waals surface area contributed by atoms with Crippen LogP contribution in [0, 0.1) is 18.6 Å². The lowest BCUT2D eigenvalue weighted by Crippen LogP contribution is -1.95. The van der Waals surface area contributed by atoms with Crippen LogP contribution in [-0.4, -0.2) is 10.8 Å². The molecule has 1 aromatic heterocycles. The fourth-order valence-electron chi connectivity index (χ4n) is 1.57. The second kappa shape index (κ2) is 4.94. The molecule has 2 nitrogen and oxygen atoms in total. The Kier molecular flexibility index (Phi) is 3.52. The molecule has 0 spiro atoms. The van der Waals surface area contributed by atoms with Crippen molar-refractivity contribution in [2.24, 2.45) is 0 Å². The van der Waals surface area contributed by atoms with Gasteiger partial charge in [0.2, 0.25) is 0 Å². The van der Waals surface area contributed by atoms with Crippen LogP contribution in [0.2, 0.25) is 0 Å². The predicted octanol–water partition coefficient (Wildman–Crippen LogP) is 3.53. The molecule has 5 heteroatoms. The first-order chi connectivity index (χ1) is 8.47. The summed E-state index contributed by atoms with van der Waals surface area (Å²) in [6, 6.07) is 3.67. The molecule has 0 bridgehead atoms. The smallest absolute Gasteiger partial charge is 0.159 e. The zero-order valence-corrected chi connectivity index (χ0v) is 10.8. The van der Waals surface area contributed by atoms with Crippen LogP contribution in [-0.2, 0) is 11.2 Å². The molecule has 0 saturated carbocycles. The molecule has 0 amide bonds. The van der Waals surface area contributed by atoms with E-state index in [0.29, 0.717) is 17.0 Å². The van der Waals surface area contributed by atoms with Crippen LogP contribution in [0.1, 0.15) is 17.5 Å².